The molecule has 0 radical (unpaired) electrons. The number of aromatic nitrogens is 1. The number of hydrogen-bond donors (Lipinski definition) is 0. The molecular weight excluding hydrogens is 364 g/mol. The standard InChI is InChI=1S/C6H2Br3F2N/c7-2-1-3(8)12-5(4(2)9)6(10)11/h1,6H. The van der Waals surface area contributed by atoms with Crippen molar-refractivity contribution >= 4 is 47.8 Å². The van der Waals surface area contributed by atoms with Crippen molar-refractivity contribution in [2.45, 2.75) is 6.43 Å². The smallest absolute Gasteiger partial charge is 0.239 e. The first-order valence-electron chi connectivity index (χ1n) is 2.82. The monoisotopic (exact) mass is 363 g/mol. The van der Waals surface area contributed by atoms with E-state index >= 15 is 0 Å². The van der Waals surface area contributed by atoms with E-state index < -0.39 is 6.43 Å². The zero-order valence-corrected chi connectivity index (χ0v) is 10.2. The minimum Gasteiger partial charge on any atom is -0.239 e. The highest BCUT2D eigenvalue weighted by Gasteiger charge is 2.16. The number of halogens is 5. The van der Waals surface area contributed by atoms with Gasteiger partial charge in [-0.05, 0) is 53.9 Å². The average molecular weight is 366 g/mol. The molecule has 1 aromatic heterocycles. The van der Waals surface area contributed by atoms with Crippen LogP contribution < -0.4 is 0 Å². The van der Waals surface area contributed by atoms with E-state index in [2.05, 4.69) is 52.8 Å². The van der Waals surface area contributed by atoms with Crippen molar-refractivity contribution in [1.82, 2.24) is 4.98 Å². The van der Waals surface area contributed by atoms with Gasteiger partial charge in [-0.15, -0.1) is 0 Å². The van der Waals surface area contributed by atoms with Crippen LogP contribution in [0.15, 0.2) is 19.6 Å². The first-order valence-corrected chi connectivity index (χ1v) is 5.20. The highest BCUT2D eigenvalue weighted by Crippen LogP contribution is 2.33. The van der Waals surface area contributed by atoms with Crippen molar-refractivity contribution in [2.24, 2.45) is 0 Å². The molecule has 0 amide bonds. The summed E-state index contributed by atoms with van der Waals surface area (Å²) in [5.41, 5.74) is -0.267. The second-order valence-corrected chi connectivity index (χ2v) is 4.39. The second kappa shape index (κ2) is 4.11. The number of alkyl halides is 2. The Bertz CT molecular complexity index is 303. The highest BCUT2D eigenvalue weighted by molar-refractivity contribution is 9.13. The van der Waals surface area contributed by atoms with Gasteiger partial charge in [0.25, 0.3) is 6.43 Å². The molecule has 0 aromatic carbocycles. The molecule has 0 aliphatic heterocycles. The van der Waals surface area contributed by atoms with E-state index in [1.807, 2.05) is 0 Å². The van der Waals surface area contributed by atoms with Crippen LogP contribution in [-0.2, 0) is 0 Å². The van der Waals surface area contributed by atoms with Crippen molar-refractivity contribution in [3.63, 3.8) is 0 Å². The summed E-state index contributed by atoms with van der Waals surface area (Å²) >= 11 is 9.14. The number of nitrogens with zero attached hydrogens (tertiary/aromatic N) is 1. The van der Waals surface area contributed by atoms with E-state index in [9.17, 15) is 8.78 Å². The lowest BCUT2D eigenvalue weighted by atomic mass is 10.4. The molecule has 0 saturated heterocycles. The largest absolute Gasteiger partial charge is 0.281 e. The fourth-order valence-corrected chi connectivity index (χ4v) is 2.15. The van der Waals surface area contributed by atoms with E-state index in [1.54, 1.807) is 6.07 Å². The molecule has 0 aliphatic carbocycles. The molecule has 1 nitrogen and oxygen atoms in total. The Morgan fingerprint density at radius 3 is 2.33 bits per heavy atom. The third-order valence-electron chi connectivity index (χ3n) is 1.11. The lowest BCUT2D eigenvalue weighted by Gasteiger charge is -2.04. The van der Waals surface area contributed by atoms with Gasteiger partial charge in [0, 0.05) is 4.47 Å². The second-order valence-electron chi connectivity index (χ2n) is 1.93. The first kappa shape index (κ1) is 10.5. The van der Waals surface area contributed by atoms with Gasteiger partial charge >= 0.3 is 0 Å². The lowest BCUT2D eigenvalue weighted by Crippen LogP contribution is -1.93. The summed E-state index contributed by atoms with van der Waals surface area (Å²) in [6.07, 6.45) is -2.58. The molecule has 0 unspecified atom stereocenters. The molecule has 66 valence electrons. The van der Waals surface area contributed by atoms with Gasteiger partial charge in [-0.25, -0.2) is 13.8 Å². The third kappa shape index (κ3) is 2.23. The maximum Gasteiger partial charge on any atom is 0.281 e. The van der Waals surface area contributed by atoms with E-state index in [-0.39, 0.29) is 5.69 Å². The number of pyridine rings is 1. The number of hydrogen-bond acceptors (Lipinski definition) is 1. The van der Waals surface area contributed by atoms with Gasteiger partial charge in [0.2, 0.25) is 0 Å². The fraction of sp³-hybridized carbons (Fsp3) is 0.167. The van der Waals surface area contributed by atoms with Crippen LogP contribution in [0.5, 0.6) is 0 Å². The fourth-order valence-electron chi connectivity index (χ4n) is 0.631. The van der Waals surface area contributed by atoms with Gasteiger partial charge in [0.1, 0.15) is 10.3 Å². The van der Waals surface area contributed by atoms with Gasteiger partial charge in [-0.1, -0.05) is 0 Å². The van der Waals surface area contributed by atoms with Crippen molar-refractivity contribution in [2.75, 3.05) is 0 Å². The molecule has 12 heavy (non-hydrogen) atoms. The van der Waals surface area contributed by atoms with Gasteiger partial charge in [0.15, 0.2) is 0 Å². The minimum absolute atomic E-state index is 0.267. The molecule has 0 atom stereocenters. The Morgan fingerprint density at radius 1 is 1.25 bits per heavy atom. The predicted molar refractivity (Wildman–Crippen MR) is 52.3 cm³/mol. The molecule has 6 heteroatoms. The topological polar surface area (TPSA) is 12.9 Å². The highest BCUT2D eigenvalue weighted by atomic mass is 79.9. The Kier molecular flexibility index (Phi) is 3.60. The van der Waals surface area contributed by atoms with E-state index in [0.29, 0.717) is 13.5 Å². The summed E-state index contributed by atoms with van der Waals surface area (Å²) in [6, 6.07) is 1.59. The lowest BCUT2D eigenvalue weighted by molar-refractivity contribution is 0.145. The zero-order chi connectivity index (χ0) is 9.30. The summed E-state index contributed by atoms with van der Waals surface area (Å²) < 4.78 is 25.7. The van der Waals surface area contributed by atoms with Gasteiger partial charge in [0.05, 0.1) is 4.47 Å². The summed E-state index contributed by atoms with van der Waals surface area (Å²) in [4.78, 5) is 3.62. The Morgan fingerprint density at radius 2 is 1.83 bits per heavy atom. The molecule has 0 bridgehead atoms. The van der Waals surface area contributed by atoms with Crippen LogP contribution in [-0.4, -0.2) is 4.98 Å². The predicted octanol–water partition coefficient (Wildman–Crippen LogP) is 4.31. The molecule has 1 heterocycles. The van der Waals surface area contributed by atoms with Crippen LogP contribution in [0.3, 0.4) is 0 Å². The van der Waals surface area contributed by atoms with Crippen LogP contribution in [0.25, 0.3) is 0 Å². The molecule has 0 fully saturated rings. The van der Waals surface area contributed by atoms with E-state index in [1.165, 1.54) is 0 Å². The molecule has 0 N–H and O–H groups in total. The SMILES string of the molecule is FC(F)c1nc(Br)cc(Br)c1Br. The summed E-state index contributed by atoms with van der Waals surface area (Å²) in [5.74, 6) is 0. The Hall–Kier alpha value is 0.450. The third-order valence-corrected chi connectivity index (χ3v) is 3.51. The van der Waals surface area contributed by atoms with Gasteiger partial charge in [-0.2, -0.15) is 0 Å². The first-order chi connectivity index (χ1) is 5.52. The summed E-state index contributed by atoms with van der Waals surface area (Å²) in [7, 11) is 0. The van der Waals surface area contributed by atoms with Crippen molar-refractivity contribution in [3.8, 4) is 0 Å². The number of rotatable bonds is 1. The maximum absolute atomic E-state index is 12.3. The Balaban J connectivity index is 3.28. The van der Waals surface area contributed by atoms with Gasteiger partial charge in [-0.3, -0.25) is 0 Å². The maximum atomic E-state index is 12.3. The Labute approximate surface area is 92.9 Å². The van der Waals surface area contributed by atoms with Crippen LogP contribution in [0.1, 0.15) is 12.1 Å². The van der Waals surface area contributed by atoms with Crippen molar-refractivity contribution in [3.05, 3.63) is 25.3 Å². The minimum atomic E-state index is -2.58. The molecule has 0 aliphatic rings. The zero-order valence-electron chi connectivity index (χ0n) is 5.49. The quantitative estimate of drug-likeness (QED) is 0.676. The van der Waals surface area contributed by atoms with Crippen LogP contribution in [0.2, 0.25) is 0 Å². The van der Waals surface area contributed by atoms with E-state index in [4.69, 9.17) is 0 Å². The van der Waals surface area contributed by atoms with Crippen LogP contribution in [0, 0.1) is 0 Å². The summed E-state index contributed by atoms with van der Waals surface area (Å²) in [5, 5.41) is 0. The van der Waals surface area contributed by atoms with Crippen LogP contribution >= 0.6 is 47.8 Å². The molecule has 0 spiro atoms. The molecule has 1 aromatic rings. The van der Waals surface area contributed by atoms with Crippen molar-refractivity contribution < 1.29 is 8.78 Å². The molecular formula is C6H2Br3F2N. The van der Waals surface area contributed by atoms with Crippen LogP contribution in [0.4, 0.5) is 8.78 Å². The van der Waals surface area contributed by atoms with Gasteiger partial charge < -0.3 is 0 Å². The van der Waals surface area contributed by atoms with Crippen molar-refractivity contribution in [1.29, 1.82) is 0 Å². The average Bonchev–Trinajstić information content (AvgIpc) is 1.96. The molecule has 0 saturated carbocycles. The van der Waals surface area contributed by atoms with E-state index in [0.717, 1.165) is 0 Å². The summed E-state index contributed by atoms with van der Waals surface area (Å²) in [6.45, 7) is 0. The molecule has 1 rings (SSSR count). The normalized spacial score (nSPS) is 10.8.